The third kappa shape index (κ3) is 3.66. The molecule has 8 heteroatoms. The largest absolute Gasteiger partial charge is 0.397 e. The Morgan fingerprint density at radius 1 is 1.14 bits per heavy atom. The fourth-order valence-corrected chi connectivity index (χ4v) is 5.16. The molecule has 0 saturated carbocycles. The molecule has 0 saturated heterocycles. The zero-order valence-corrected chi connectivity index (χ0v) is 17.3. The van der Waals surface area contributed by atoms with Crippen molar-refractivity contribution in [2.24, 2.45) is 0 Å². The summed E-state index contributed by atoms with van der Waals surface area (Å²) in [7, 11) is -2.80. The summed E-state index contributed by atoms with van der Waals surface area (Å²) in [5.74, 6) is -0.249. The third-order valence-electron chi connectivity index (χ3n) is 4.27. The van der Waals surface area contributed by atoms with Gasteiger partial charge in [-0.05, 0) is 58.8 Å². The molecule has 2 aromatic heterocycles. The molecule has 28 heavy (non-hydrogen) atoms. The lowest BCUT2D eigenvalue weighted by atomic mass is 10.1. The minimum Gasteiger partial charge on any atom is -0.397 e. The van der Waals surface area contributed by atoms with Gasteiger partial charge in [-0.15, -0.1) is 22.7 Å². The Kier molecular flexibility index (Phi) is 4.70. The molecular formula is C20H17N3O2S3. The number of nitrogens with two attached hydrogens (primary N) is 1. The van der Waals surface area contributed by atoms with Crippen molar-refractivity contribution in [2.75, 3.05) is 17.3 Å². The number of benzene rings is 2. The summed E-state index contributed by atoms with van der Waals surface area (Å²) in [4.78, 5) is 14.9. The molecule has 0 radical (unpaired) electrons. The fraction of sp³-hybridized carbons (Fsp3) is 0.0500. The standard InChI is InChI=1S/C20H17N3O2S3/c1-28(22,25)14-5-7-18-13(9-14)11-19(27-18)20(24)23-16-10-12(4-6-15(16)21)17-3-2-8-26-17/h2-11,22H,21H2,1H3,(H,23,24). The van der Waals surface area contributed by atoms with Crippen molar-refractivity contribution < 1.29 is 9.00 Å². The van der Waals surface area contributed by atoms with Crippen LogP contribution in [-0.4, -0.2) is 16.4 Å². The second-order valence-corrected chi connectivity index (χ2v) is 10.6. The van der Waals surface area contributed by atoms with Gasteiger partial charge in [-0.2, -0.15) is 0 Å². The van der Waals surface area contributed by atoms with Crippen molar-refractivity contribution in [1.29, 1.82) is 4.78 Å². The van der Waals surface area contributed by atoms with Crippen molar-refractivity contribution in [3.05, 3.63) is 64.9 Å². The van der Waals surface area contributed by atoms with Crippen LogP contribution in [0.3, 0.4) is 0 Å². The molecular weight excluding hydrogens is 410 g/mol. The van der Waals surface area contributed by atoms with E-state index in [0.29, 0.717) is 21.1 Å². The first-order valence-electron chi connectivity index (χ1n) is 8.33. The number of nitrogens with one attached hydrogen (secondary N) is 2. The zero-order chi connectivity index (χ0) is 19.9. The molecule has 142 valence electrons. The molecule has 0 bridgehead atoms. The first-order chi connectivity index (χ1) is 13.3. The van der Waals surface area contributed by atoms with Gasteiger partial charge < -0.3 is 11.1 Å². The Morgan fingerprint density at radius 2 is 1.96 bits per heavy atom. The Balaban J connectivity index is 1.64. The summed E-state index contributed by atoms with van der Waals surface area (Å²) >= 11 is 2.97. The van der Waals surface area contributed by atoms with Crippen molar-refractivity contribution >= 4 is 59.8 Å². The smallest absolute Gasteiger partial charge is 0.265 e. The molecule has 0 aliphatic rings. The van der Waals surface area contributed by atoms with Gasteiger partial charge in [-0.1, -0.05) is 12.1 Å². The van der Waals surface area contributed by atoms with Crippen LogP contribution in [0.1, 0.15) is 9.67 Å². The van der Waals surface area contributed by atoms with E-state index >= 15 is 0 Å². The minimum absolute atomic E-state index is 0.249. The Morgan fingerprint density at radius 3 is 2.68 bits per heavy atom. The van der Waals surface area contributed by atoms with Crippen LogP contribution in [0.25, 0.3) is 20.5 Å². The summed E-state index contributed by atoms with van der Waals surface area (Å²) in [6.45, 7) is 0. The average molecular weight is 428 g/mol. The second kappa shape index (κ2) is 7.05. The number of nitrogen functional groups attached to an aromatic ring is 1. The molecule has 0 aliphatic carbocycles. The van der Waals surface area contributed by atoms with Crippen molar-refractivity contribution in [3.8, 4) is 10.4 Å². The summed E-state index contributed by atoms with van der Waals surface area (Å²) < 4.78 is 20.6. The number of carbonyl (C=O) groups is 1. The minimum atomic E-state index is -2.80. The van der Waals surface area contributed by atoms with Crippen LogP contribution < -0.4 is 11.1 Å². The lowest BCUT2D eigenvalue weighted by molar-refractivity contribution is 0.103. The highest BCUT2D eigenvalue weighted by atomic mass is 32.2. The van der Waals surface area contributed by atoms with E-state index in [1.54, 1.807) is 41.7 Å². The quantitative estimate of drug-likeness (QED) is 0.375. The van der Waals surface area contributed by atoms with E-state index in [0.717, 1.165) is 20.5 Å². The van der Waals surface area contributed by atoms with Crippen molar-refractivity contribution in [1.82, 2.24) is 0 Å². The van der Waals surface area contributed by atoms with Crippen LogP contribution in [0.2, 0.25) is 0 Å². The Hall–Kier alpha value is -2.68. The molecule has 1 amide bonds. The molecule has 2 aromatic carbocycles. The van der Waals surface area contributed by atoms with E-state index in [1.165, 1.54) is 17.6 Å². The number of rotatable bonds is 4. The van der Waals surface area contributed by atoms with Crippen molar-refractivity contribution in [2.45, 2.75) is 4.90 Å². The van der Waals surface area contributed by atoms with Gasteiger partial charge in [0.1, 0.15) is 0 Å². The highest BCUT2D eigenvalue weighted by molar-refractivity contribution is 7.91. The lowest BCUT2D eigenvalue weighted by Gasteiger charge is -2.09. The number of carbonyl (C=O) groups excluding carboxylic acids is 1. The van der Waals surface area contributed by atoms with Gasteiger partial charge in [0, 0.05) is 20.7 Å². The highest BCUT2D eigenvalue weighted by Crippen LogP contribution is 2.32. The van der Waals surface area contributed by atoms with Gasteiger partial charge in [0.15, 0.2) is 0 Å². The molecule has 5 nitrogen and oxygen atoms in total. The van der Waals surface area contributed by atoms with Crippen molar-refractivity contribution in [3.63, 3.8) is 0 Å². The summed E-state index contributed by atoms with van der Waals surface area (Å²) in [6.07, 6.45) is 1.39. The lowest BCUT2D eigenvalue weighted by Crippen LogP contribution is -2.11. The van der Waals surface area contributed by atoms with E-state index in [-0.39, 0.29) is 5.91 Å². The normalized spacial score (nSPS) is 13.3. The summed E-state index contributed by atoms with van der Waals surface area (Å²) in [6, 6.07) is 16.5. The van der Waals surface area contributed by atoms with Crippen LogP contribution in [0.15, 0.2) is 64.9 Å². The molecule has 2 heterocycles. The van der Waals surface area contributed by atoms with E-state index in [1.807, 2.05) is 29.6 Å². The predicted molar refractivity (Wildman–Crippen MR) is 119 cm³/mol. The van der Waals surface area contributed by atoms with Gasteiger partial charge in [0.05, 0.1) is 26.0 Å². The monoisotopic (exact) mass is 427 g/mol. The summed E-state index contributed by atoms with van der Waals surface area (Å²) in [5, 5.41) is 5.69. The first kappa shape index (κ1) is 18.7. The predicted octanol–water partition coefficient (Wildman–Crippen LogP) is 5.50. The van der Waals surface area contributed by atoms with Gasteiger partial charge in [-0.3, -0.25) is 4.79 Å². The number of amides is 1. The molecule has 1 unspecified atom stereocenters. The number of hydrogen-bond acceptors (Lipinski definition) is 6. The topological polar surface area (TPSA) is 96.0 Å². The van der Waals surface area contributed by atoms with Crippen LogP contribution in [-0.2, 0) is 9.73 Å². The first-order valence-corrected chi connectivity index (χ1v) is 12.0. The van der Waals surface area contributed by atoms with Gasteiger partial charge in [0.2, 0.25) is 0 Å². The molecule has 0 spiro atoms. The number of hydrogen-bond donors (Lipinski definition) is 3. The molecule has 1 atom stereocenters. The molecule has 0 aliphatic heterocycles. The number of thiophene rings is 2. The van der Waals surface area contributed by atoms with Gasteiger partial charge in [0.25, 0.3) is 5.91 Å². The Labute approximate surface area is 170 Å². The third-order valence-corrected chi connectivity index (χ3v) is 7.46. The van der Waals surface area contributed by atoms with E-state index in [4.69, 9.17) is 10.5 Å². The molecule has 4 rings (SSSR count). The average Bonchev–Trinajstić information content (AvgIpc) is 3.31. The van der Waals surface area contributed by atoms with E-state index in [2.05, 4.69) is 5.32 Å². The number of fused-ring (bicyclic) bond motifs is 1. The van der Waals surface area contributed by atoms with E-state index in [9.17, 15) is 9.00 Å². The fourth-order valence-electron chi connectivity index (χ4n) is 2.82. The van der Waals surface area contributed by atoms with E-state index < -0.39 is 9.73 Å². The number of anilines is 2. The maximum atomic E-state index is 12.8. The maximum Gasteiger partial charge on any atom is 0.265 e. The zero-order valence-electron chi connectivity index (χ0n) is 14.9. The molecule has 4 aromatic rings. The van der Waals surface area contributed by atoms with Crippen LogP contribution >= 0.6 is 22.7 Å². The van der Waals surface area contributed by atoms with Gasteiger partial charge in [-0.25, -0.2) is 8.99 Å². The second-order valence-electron chi connectivity index (χ2n) is 6.39. The van der Waals surface area contributed by atoms with Crippen LogP contribution in [0.5, 0.6) is 0 Å². The van der Waals surface area contributed by atoms with Crippen LogP contribution in [0.4, 0.5) is 11.4 Å². The SMILES string of the molecule is CS(=N)(=O)c1ccc2sc(C(=O)Nc3cc(-c4cccs4)ccc3N)cc2c1. The molecule has 4 N–H and O–H groups in total. The Bertz CT molecular complexity index is 1290. The highest BCUT2D eigenvalue weighted by Gasteiger charge is 2.14. The van der Waals surface area contributed by atoms with Crippen LogP contribution in [0, 0.1) is 4.78 Å². The summed E-state index contributed by atoms with van der Waals surface area (Å²) in [5.41, 5.74) is 8.11. The molecule has 0 fully saturated rings. The maximum absolute atomic E-state index is 12.8. The van der Waals surface area contributed by atoms with Gasteiger partial charge >= 0.3 is 0 Å².